The van der Waals surface area contributed by atoms with Crippen LogP contribution in [0.2, 0.25) is 0 Å². The molecule has 2 heterocycles. The summed E-state index contributed by atoms with van der Waals surface area (Å²) in [6.45, 7) is 3.01. The van der Waals surface area contributed by atoms with Gasteiger partial charge in [0.15, 0.2) is 0 Å². The third-order valence-corrected chi connectivity index (χ3v) is 5.30. The van der Waals surface area contributed by atoms with E-state index in [9.17, 15) is 14.9 Å². The summed E-state index contributed by atoms with van der Waals surface area (Å²) in [7, 11) is 0. The predicted octanol–water partition coefficient (Wildman–Crippen LogP) is 3.29. The first-order valence-electron chi connectivity index (χ1n) is 9.43. The van der Waals surface area contributed by atoms with E-state index in [1.54, 1.807) is 18.2 Å². The van der Waals surface area contributed by atoms with Crippen molar-refractivity contribution in [3.8, 4) is 0 Å². The zero-order chi connectivity index (χ0) is 19.5. The summed E-state index contributed by atoms with van der Waals surface area (Å²) in [4.78, 5) is 27.4. The molecule has 2 aromatic carbocycles. The van der Waals surface area contributed by atoms with Gasteiger partial charge in [-0.25, -0.2) is 0 Å². The number of rotatable bonds is 5. The highest BCUT2D eigenvalue weighted by molar-refractivity contribution is 5.80. The average Bonchev–Trinajstić information content (AvgIpc) is 3.15. The summed E-state index contributed by atoms with van der Waals surface area (Å²) in [6.07, 6.45) is 2.47. The summed E-state index contributed by atoms with van der Waals surface area (Å²) in [6, 6.07) is 17.0. The fraction of sp³-hybridized carbons (Fsp3) is 0.286. The van der Waals surface area contributed by atoms with E-state index >= 15 is 0 Å². The number of fused-ring (bicyclic) bond motifs is 1. The number of anilines is 1. The van der Waals surface area contributed by atoms with Crippen molar-refractivity contribution < 1.29 is 9.72 Å². The Balaban J connectivity index is 1.35. The van der Waals surface area contributed by atoms with E-state index in [1.807, 2.05) is 28.1 Å². The molecule has 0 atom stereocenters. The number of nitro benzene ring substituents is 1. The van der Waals surface area contributed by atoms with Gasteiger partial charge in [0.05, 0.1) is 4.92 Å². The molecule has 0 radical (unpaired) electrons. The molecule has 1 fully saturated rings. The maximum atomic E-state index is 12.6. The first kappa shape index (κ1) is 18.0. The Morgan fingerprint density at radius 3 is 2.46 bits per heavy atom. The van der Waals surface area contributed by atoms with Crippen molar-refractivity contribution in [1.82, 2.24) is 9.47 Å². The van der Waals surface area contributed by atoms with E-state index in [1.165, 1.54) is 11.5 Å². The fourth-order valence-corrected chi connectivity index (χ4v) is 3.79. The third-order valence-electron chi connectivity index (χ3n) is 5.30. The summed E-state index contributed by atoms with van der Waals surface area (Å²) in [5, 5.41) is 12.4. The zero-order valence-corrected chi connectivity index (χ0v) is 15.5. The lowest BCUT2D eigenvalue weighted by Gasteiger charge is -2.35. The van der Waals surface area contributed by atoms with Crippen LogP contribution in [0.4, 0.5) is 11.4 Å². The van der Waals surface area contributed by atoms with Gasteiger partial charge < -0.3 is 14.4 Å². The second-order valence-corrected chi connectivity index (χ2v) is 6.93. The van der Waals surface area contributed by atoms with Gasteiger partial charge in [0.25, 0.3) is 5.69 Å². The average molecular weight is 378 g/mol. The molecule has 0 spiro atoms. The van der Waals surface area contributed by atoms with Crippen molar-refractivity contribution in [2.45, 2.75) is 13.0 Å². The number of para-hydroxylation sites is 3. The molecule has 28 heavy (non-hydrogen) atoms. The molecule has 1 aromatic heterocycles. The number of hydrogen-bond acceptors (Lipinski definition) is 4. The van der Waals surface area contributed by atoms with E-state index in [0.717, 1.165) is 5.52 Å². The van der Waals surface area contributed by atoms with Crippen molar-refractivity contribution >= 4 is 28.2 Å². The van der Waals surface area contributed by atoms with Crippen LogP contribution in [-0.2, 0) is 11.3 Å². The predicted molar refractivity (Wildman–Crippen MR) is 108 cm³/mol. The fourth-order valence-electron chi connectivity index (χ4n) is 3.79. The van der Waals surface area contributed by atoms with Crippen molar-refractivity contribution in [2.24, 2.45) is 0 Å². The highest BCUT2D eigenvalue weighted by Gasteiger charge is 2.25. The van der Waals surface area contributed by atoms with Crippen LogP contribution >= 0.6 is 0 Å². The Kier molecular flexibility index (Phi) is 4.97. The quantitative estimate of drug-likeness (QED) is 0.505. The van der Waals surface area contributed by atoms with Gasteiger partial charge in [-0.15, -0.1) is 0 Å². The second kappa shape index (κ2) is 7.72. The van der Waals surface area contributed by atoms with Gasteiger partial charge >= 0.3 is 0 Å². The molecule has 0 aliphatic carbocycles. The number of carbonyl (C=O) groups excluding carboxylic acids is 1. The van der Waals surface area contributed by atoms with E-state index in [2.05, 4.69) is 22.8 Å². The number of nitro groups is 1. The van der Waals surface area contributed by atoms with Crippen molar-refractivity contribution in [3.05, 3.63) is 70.9 Å². The SMILES string of the molecule is O=C(CCn1ccc2ccccc21)N1CCN(c2ccccc2[N+](=O)[O-])CC1. The lowest BCUT2D eigenvalue weighted by Crippen LogP contribution is -2.49. The molecule has 4 rings (SSSR count). The highest BCUT2D eigenvalue weighted by atomic mass is 16.6. The lowest BCUT2D eigenvalue weighted by atomic mass is 10.2. The van der Waals surface area contributed by atoms with Crippen LogP contribution in [0.5, 0.6) is 0 Å². The van der Waals surface area contributed by atoms with Crippen LogP contribution in [0.25, 0.3) is 10.9 Å². The van der Waals surface area contributed by atoms with Gasteiger partial charge in [0.2, 0.25) is 5.91 Å². The standard InChI is InChI=1S/C21H22N4O3/c26-21(10-12-22-11-9-17-5-1-2-6-18(17)22)24-15-13-23(14-16-24)19-7-3-4-8-20(19)25(27)28/h1-9,11H,10,12-16H2. The number of nitrogens with zero attached hydrogens (tertiary/aromatic N) is 4. The normalized spacial score (nSPS) is 14.4. The topological polar surface area (TPSA) is 71.6 Å². The summed E-state index contributed by atoms with van der Waals surface area (Å²) in [5.41, 5.74) is 1.87. The Bertz CT molecular complexity index is 1010. The minimum Gasteiger partial charge on any atom is -0.362 e. The van der Waals surface area contributed by atoms with Gasteiger partial charge in [-0.05, 0) is 23.6 Å². The Morgan fingerprint density at radius 2 is 1.68 bits per heavy atom. The minimum atomic E-state index is -0.353. The van der Waals surface area contributed by atoms with Crippen LogP contribution in [0.1, 0.15) is 6.42 Å². The first-order valence-corrected chi connectivity index (χ1v) is 9.43. The lowest BCUT2D eigenvalue weighted by molar-refractivity contribution is -0.384. The van der Waals surface area contributed by atoms with Crippen LogP contribution in [0.15, 0.2) is 60.8 Å². The largest absolute Gasteiger partial charge is 0.362 e. The van der Waals surface area contributed by atoms with Crippen LogP contribution < -0.4 is 4.90 Å². The third kappa shape index (κ3) is 3.55. The Labute approximate surface area is 162 Å². The Hall–Kier alpha value is -3.35. The number of aromatic nitrogens is 1. The molecule has 0 saturated carbocycles. The second-order valence-electron chi connectivity index (χ2n) is 6.93. The molecular formula is C21H22N4O3. The van der Waals surface area contributed by atoms with Gasteiger partial charge in [-0.3, -0.25) is 14.9 Å². The summed E-state index contributed by atoms with van der Waals surface area (Å²) < 4.78 is 2.11. The molecule has 1 amide bonds. The maximum absolute atomic E-state index is 12.6. The van der Waals surface area contributed by atoms with Crippen LogP contribution in [0, 0.1) is 10.1 Å². The van der Waals surface area contributed by atoms with Crippen molar-refractivity contribution in [2.75, 3.05) is 31.1 Å². The maximum Gasteiger partial charge on any atom is 0.292 e. The van der Waals surface area contributed by atoms with Gasteiger partial charge in [-0.1, -0.05) is 30.3 Å². The molecule has 1 aliphatic heterocycles. The van der Waals surface area contributed by atoms with Crippen molar-refractivity contribution in [1.29, 1.82) is 0 Å². The van der Waals surface area contributed by atoms with Gasteiger partial charge in [-0.2, -0.15) is 0 Å². The molecule has 0 bridgehead atoms. The molecule has 0 unspecified atom stereocenters. The molecule has 144 valence electrons. The van der Waals surface area contributed by atoms with Crippen LogP contribution in [-0.4, -0.2) is 46.5 Å². The number of aryl methyl sites for hydroxylation is 1. The molecule has 3 aromatic rings. The number of amides is 1. The van der Waals surface area contributed by atoms with E-state index in [4.69, 9.17) is 0 Å². The molecule has 1 saturated heterocycles. The smallest absolute Gasteiger partial charge is 0.292 e. The van der Waals surface area contributed by atoms with Gasteiger partial charge in [0.1, 0.15) is 5.69 Å². The monoisotopic (exact) mass is 378 g/mol. The molecule has 1 aliphatic rings. The minimum absolute atomic E-state index is 0.113. The molecule has 7 heteroatoms. The molecule has 0 N–H and O–H groups in total. The van der Waals surface area contributed by atoms with Gasteiger partial charge in [0, 0.05) is 56.9 Å². The van der Waals surface area contributed by atoms with E-state index < -0.39 is 0 Å². The molecule has 7 nitrogen and oxygen atoms in total. The number of carbonyl (C=O) groups is 1. The first-order chi connectivity index (χ1) is 13.6. The summed E-state index contributed by atoms with van der Waals surface area (Å²) >= 11 is 0. The highest BCUT2D eigenvalue weighted by Crippen LogP contribution is 2.28. The number of piperazine rings is 1. The van der Waals surface area contributed by atoms with Crippen molar-refractivity contribution in [3.63, 3.8) is 0 Å². The summed E-state index contributed by atoms with van der Waals surface area (Å²) in [5.74, 6) is 0.125. The van der Waals surface area contributed by atoms with E-state index in [0.29, 0.717) is 44.8 Å². The van der Waals surface area contributed by atoms with Crippen LogP contribution in [0.3, 0.4) is 0 Å². The number of hydrogen-bond donors (Lipinski definition) is 0. The number of benzene rings is 2. The van der Waals surface area contributed by atoms with E-state index in [-0.39, 0.29) is 16.5 Å². The Morgan fingerprint density at radius 1 is 0.964 bits per heavy atom. The molecular weight excluding hydrogens is 356 g/mol. The zero-order valence-electron chi connectivity index (χ0n) is 15.5.